The number of amides is 1. The Bertz CT molecular complexity index is 649. The molecule has 1 aromatic rings. The van der Waals surface area contributed by atoms with Crippen molar-refractivity contribution in [3.8, 4) is 0 Å². The Kier molecular flexibility index (Phi) is 3.88. The summed E-state index contributed by atoms with van der Waals surface area (Å²) >= 11 is 0. The van der Waals surface area contributed by atoms with Crippen molar-refractivity contribution in [3.05, 3.63) is 17.5 Å². The Balaban J connectivity index is 1.22. The van der Waals surface area contributed by atoms with Crippen LogP contribution in [-0.2, 0) is 11.3 Å². The monoisotopic (exact) mass is 343 g/mol. The molecule has 0 aromatic carbocycles. The van der Waals surface area contributed by atoms with Gasteiger partial charge in [0.05, 0.1) is 11.1 Å². The SMILES string of the molecule is O=C1N(CC2CCC2)CCC[C@@]12CCN(Cc1cc(C3CC3)on1)C2. The van der Waals surface area contributed by atoms with Gasteiger partial charge in [0.25, 0.3) is 0 Å². The Morgan fingerprint density at radius 3 is 2.80 bits per heavy atom. The summed E-state index contributed by atoms with van der Waals surface area (Å²) < 4.78 is 5.48. The maximum absolute atomic E-state index is 13.2. The number of aromatic nitrogens is 1. The lowest BCUT2D eigenvalue weighted by Gasteiger charge is -2.42. The summed E-state index contributed by atoms with van der Waals surface area (Å²) in [5.74, 6) is 2.88. The van der Waals surface area contributed by atoms with E-state index < -0.39 is 0 Å². The van der Waals surface area contributed by atoms with Crippen molar-refractivity contribution in [3.63, 3.8) is 0 Å². The van der Waals surface area contributed by atoms with Gasteiger partial charge in [-0.2, -0.15) is 0 Å². The zero-order valence-corrected chi connectivity index (χ0v) is 15.1. The Morgan fingerprint density at radius 2 is 2.04 bits per heavy atom. The molecule has 4 fully saturated rings. The van der Waals surface area contributed by atoms with Gasteiger partial charge in [0.15, 0.2) is 0 Å². The summed E-state index contributed by atoms with van der Waals surface area (Å²) in [5.41, 5.74) is 0.916. The van der Waals surface area contributed by atoms with Crippen LogP contribution in [0.1, 0.15) is 68.7 Å². The van der Waals surface area contributed by atoms with Gasteiger partial charge in [0.1, 0.15) is 5.76 Å². The number of hydrogen-bond acceptors (Lipinski definition) is 4. The maximum atomic E-state index is 13.2. The molecule has 1 atom stereocenters. The number of carbonyl (C=O) groups is 1. The first-order chi connectivity index (χ1) is 12.2. The van der Waals surface area contributed by atoms with E-state index in [0.29, 0.717) is 11.8 Å². The van der Waals surface area contributed by atoms with Crippen molar-refractivity contribution >= 4 is 5.91 Å². The van der Waals surface area contributed by atoms with E-state index in [9.17, 15) is 4.79 Å². The van der Waals surface area contributed by atoms with Crippen LogP contribution in [0.5, 0.6) is 0 Å². The van der Waals surface area contributed by atoms with Gasteiger partial charge in [-0.05, 0) is 57.4 Å². The van der Waals surface area contributed by atoms with E-state index in [1.54, 1.807) is 0 Å². The van der Waals surface area contributed by atoms with Gasteiger partial charge in [-0.1, -0.05) is 11.6 Å². The Morgan fingerprint density at radius 1 is 1.16 bits per heavy atom. The minimum atomic E-state index is -0.120. The Hall–Kier alpha value is -1.36. The summed E-state index contributed by atoms with van der Waals surface area (Å²) in [5, 5.41) is 4.25. The van der Waals surface area contributed by atoms with Crippen molar-refractivity contribution < 1.29 is 9.32 Å². The largest absolute Gasteiger partial charge is 0.361 e. The molecule has 25 heavy (non-hydrogen) atoms. The smallest absolute Gasteiger partial charge is 0.230 e. The highest BCUT2D eigenvalue weighted by molar-refractivity contribution is 5.84. The summed E-state index contributed by atoms with van der Waals surface area (Å²) in [7, 11) is 0. The fraction of sp³-hybridized carbons (Fsp3) is 0.800. The molecule has 136 valence electrons. The number of piperidine rings is 1. The maximum Gasteiger partial charge on any atom is 0.230 e. The van der Waals surface area contributed by atoms with E-state index in [0.717, 1.165) is 62.9 Å². The van der Waals surface area contributed by atoms with Gasteiger partial charge in [-0.25, -0.2) is 0 Å². The third kappa shape index (κ3) is 3.01. The predicted octanol–water partition coefficient (Wildman–Crippen LogP) is 3.17. The summed E-state index contributed by atoms with van der Waals surface area (Å²) in [6.45, 7) is 4.72. The molecule has 5 heteroatoms. The van der Waals surface area contributed by atoms with Gasteiger partial charge < -0.3 is 9.42 Å². The van der Waals surface area contributed by atoms with E-state index >= 15 is 0 Å². The highest BCUT2D eigenvalue weighted by Crippen LogP contribution is 2.42. The molecular formula is C20H29N3O2. The van der Waals surface area contributed by atoms with Crippen LogP contribution < -0.4 is 0 Å². The van der Waals surface area contributed by atoms with Crippen LogP contribution in [0.4, 0.5) is 0 Å². The normalized spacial score (nSPS) is 31.0. The summed E-state index contributed by atoms with van der Waals surface area (Å²) in [6, 6.07) is 2.13. The van der Waals surface area contributed by atoms with Crippen molar-refractivity contribution in [2.75, 3.05) is 26.2 Å². The van der Waals surface area contributed by atoms with Gasteiger partial charge in [0.2, 0.25) is 5.91 Å². The predicted molar refractivity (Wildman–Crippen MR) is 94.0 cm³/mol. The first kappa shape index (κ1) is 15.9. The topological polar surface area (TPSA) is 49.6 Å². The second kappa shape index (κ2) is 6.11. The van der Waals surface area contributed by atoms with E-state index in [-0.39, 0.29) is 5.41 Å². The third-order valence-corrected chi connectivity index (χ3v) is 6.90. The minimum absolute atomic E-state index is 0.120. The van der Waals surface area contributed by atoms with E-state index in [4.69, 9.17) is 4.52 Å². The molecule has 1 aromatic heterocycles. The molecule has 5 nitrogen and oxygen atoms in total. The van der Waals surface area contributed by atoms with Crippen LogP contribution in [0.2, 0.25) is 0 Å². The second-order valence-electron chi connectivity index (χ2n) is 8.89. The first-order valence-corrected chi connectivity index (χ1v) is 10.2. The molecule has 2 aliphatic carbocycles. The lowest BCUT2D eigenvalue weighted by atomic mass is 9.77. The van der Waals surface area contributed by atoms with Crippen LogP contribution in [0, 0.1) is 11.3 Å². The molecular weight excluding hydrogens is 314 g/mol. The molecule has 1 amide bonds. The molecule has 0 bridgehead atoms. The van der Waals surface area contributed by atoms with Crippen molar-refractivity contribution in [2.45, 2.75) is 63.8 Å². The first-order valence-electron chi connectivity index (χ1n) is 10.2. The zero-order chi connectivity index (χ0) is 16.9. The molecule has 0 N–H and O–H groups in total. The van der Waals surface area contributed by atoms with Crippen LogP contribution in [0.3, 0.4) is 0 Å². The zero-order valence-electron chi connectivity index (χ0n) is 15.1. The summed E-state index contributed by atoms with van der Waals surface area (Å²) in [4.78, 5) is 17.8. The number of nitrogens with zero attached hydrogens (tertiary/aromatic N) is 3. The standard InChI is InChI=1S/C20H29N3O2/c24-19-20(7-2-9-23(19)12-15-3-1-4-15)8-10-22(14-20)13-17-11-18(25-21-17)16-5-6-16/h11,15-16H,1-10,12-14H2/t20-/m0/s1. The van der Waals surface area contributed by atoms with Crippen LogP contribution in [0.15, 0.2) is 10.6 Å². The molecule has 3 heterocycles. The average Bonchev–Trinajstić information content (AvgIpc) is 3.19. The lowest BCUT2D eigenvalue weighted by molar-refractivity contribution is -0.146. The number of hydrogen-bond donors (Lipinski definition) is 0. The number of rotatable bonds is 5. The van der Waals surface area contributed by atoms with E-state index in [1.165, 1.54) is 38.5 Å². The highest BCUT2D eigenvalue weighted by atomic mass is 16.5. The second-order valence-corrected chi connectivity index (χ2v) is 8.89. The average molecular weight is 343 g/mol. The fourth-order valence-corrected chi connectivity index (χ4v) is 4.98. The van der Waals surface area contributed by atoms with Gasteiger partial charge in [-0.3, -0.25) is 9.69 Å². The highest BCUT2D eigenvalue weighted by Gasteiger charge is 2.48. The third-order valence-electron chi connectivity index (χ3n) is 6.90. The number of likely N-dealkylation sites (tertiary alicyclic amines) is 2. The molecule has 5 rings (SSSR count). The van der Waals surface area contributed by atoms with Crippen LogP contribution in [0.25, 0.3) is 0 Å². The minimum Gasteiger partial charge on any atom is -0.361 e. The molecule has 1 spiro atoms. The van der Waals surface area contributed by atoms with Gasteiger partial charge in [-0.15, -0.1) is 0 Å². The Labute approximate surface area is 149 Å². The molecule has 4 aliphatic rings. The van der Waals surface area contributed by atoms with Crippen LogP contribution >= 0.6 is 0 Å². The van der Waals surface area contributed by atoms with Gasteiger partial charge in [0, 0.05) is 38.2 Å². The molecule has 0 unspecified atom stereocenters. The van der Waals surface area contributed by atoms with Crippen molar-refractivity contribution in [2.24, 2.45) is 11.3 Å². The molecule has 2 saturated carbocycles. The number of carbonyl (C=O) groups excluding carboxylic acids is 1. The fourth-order valence-electron chi connectivity index (χ4n) is 4.98. The van der Waals surface area contributed by atoms with Crippen molar-refractivity contribution in [1.29, 1.82) is 0 Å². The van der Waals surface area contributed by atoms with Gasteiger partial charge >= 0.3 is 0 Å². The van der Waals surface area contributed by atoms with E-state index in [2.05, 4.69) is 21.0 Å². The quantitative estimate of drug-likeness (QED) is 0.824. The molecule has 0 radical (unpaired) electrons. The molecule has 2 aliphatic heterocycles. The van der Waals surface area contributed by atoms with Crippen molar-refractivity contribution in [1.82, 2.24) is 15.0 Å². The lowest BCUT2D eigenvalue weighted by Crippen LogP contribution is -2.51. The molecule has 2 saturated heterocycles. The summed E-state index contributed by atoms with van der Waals surface area (Å²) in [6.07, 6.45) is 9.72. The van der Waals surface area contributed by atoms with E-state index in [1.807, 2.05) is 0 Å². The van der Waals surface area contributed by atoms with Crippen LogP contribution in [-0.4, -0.2) is 47.0 Å².